The number of pyridine rings is 1. The lowest BCUT2D eigenvalue weighted by Gasteiger charge is -2.25. The third-order valence-corrected chi connectivity index (χ3v) is 3.77. The third kappa shape index (κ3) is 2.11. The van der Waals surface area contributed by atoms with Crippen molar-refractivity contribution >= 4 is 0 Å². The molecular formula is C16H15N5. The zero-order valence-electron chi connectivity index (χ0n) is 11.5. The van der Waals surface area contributed by atoms with Gasteiger partial charge in [-0.3, -0.25) is 4.98 Å². The van der Waals surface area contributed by atoms with Gasteiger partial charge >= 0.3 is 0 Å². The van der Waals surface area contributed by atoms with E-state index in [9.17, 15) is 0 Å². The van der Waals surface area contributed by atoms with Gasteiger partial charge in [-0.25, -0.2) is 0 Å². The second kappa shape index (κ2) is 5.10. The second-order valence-electron chi connectivity index (χ2n) is 5.07. The molecule has 5 heteroatoms. The van der Waals surface area contributed by atoms with E-state index in [1.807, 2.05) is 36.5 Å². The zero-order valence-corrected chi connectivity index (χ0v) is 11.5. The number of nitrogens with one attached hydrogen (secondary N) is 1. The molecule has 1 aliphatic heterocycles. The van der Waals surface area contributed by atoms with Crippen molar-refractivity contribution in [2.45, 2.75) is 12.6 Å². The van der Waals surface area contributed by atoms with Crippen molar-refractivity contribution in [2.24, 2.45) is 0 Å². The molecule has 0 fully saturated rings. The van der Waals surface area contributed by atoms with Gasteiger partial charge in [0.05, 0.1) is 6.04 Å². The van der Waals surface area contributed by atoms with Crippen LogP contribution in [0.25, 0.3) is 11.4 Å². The second-order valence-corrected chi connectivity index (χ2v) is 5.07. The van der Waals surface area contributed by atoms with Crippen molar-refractivity contribution in [3.05, 3.63) is 66.2 Å². The Bertz CT molecular complexity index is 736. The fourth-order valence-electron chi connectivity index (χ4n) is 2.78. The number of rotatable bonds is 2. The monoisotopic (exact) mass is 277 g/mol. The average molecular weight is 277 g/mol. The van der Waals surface area contributed by atoms with Crippen LogP contribution in [-0.4, -0.2) is 26.3 Å². The molecule has 5 nitrogen and oxygen atoms in total. The summed E-state index contributed by atoms with van der Waals surface area (Å²) in [5, 5.41) is 12.3. The summed E-state index contributed by atoms with van der Waals surface area (Å²) in [6.45, 7) is 1.77. The van der Waals surface area contributed by atoms with E-state index < -0.39 is 0 Å². The number of fused-ring (bicyclic) bond motifs is 1. The smallest absolute Gasteiger partial charge is 0.165 e. The normalized spacial score (nSPS) is 17.4. The summed E-state index contributed by atoms with van der Waals surface area (Å²) in [5.74, 6) is 1.85. The van der Waals surface area contributed by atoms with Gasteiger partial charge in [-0.05, 0) is 17.7 Å². The van der Waals surface area contributed by atoms with E-state index in [1.165, 1.54) is 5.56 Å². The molecule has 3 heterocycles. The van der Waals surface area contributed by atoms with Crippen molar-refractivity contribution < 1.29 is 0 Å². The molecule has 2 aromatic heterocycles. The maximum Gasteiger partial charge on any atom is 0.165 e. The Hall–Kier alpha value is -2.53. The number of hydrogen-bond acceptors (Lipinski definition) is 4. The van der Waals surface area contributed by atoms with Crippen LogP contribution in [0.2, 0.25) is 0 Å². The summed E-state index contributed by atoms with van der Waals surface area (Å²) in [5.41, 5.74) is 2.22. The number of hydrogen-bond donors (Lipinski definition) is 1. The van der Waals surface area contributed by atoms with Crippen LogP contribution in [0.15, 0.2) is 54.9 Å². The van der Waals surface area contributed by atoms with Crippen molar-refractivity contribution in [1.82, 2.24) is 25.1 Å². The minimum Gasteiger partial charge on any atom is -0.308 e. The topological polar surface area (TPSA) is 55.6 Å². The number of aromatic nitrogens is 4. The molecule has 1 unspecified atom stereocenters. The van der Waals surface area contributed by atoms with E-state index in [0.29, 0.717) is 0 Å². The van der Waals surface area contributed by atoms with E-state index in [2.05, 4.69) is 37.2 Å². The number of nitrogens with zero attached hydrogens (tertiary/aromatic N) is 4. The Morgan fingerprint density at radius 3 is 2.76 bits per heavy atom. The predicted octanol–water partition coefficient (Wildman–Crippen LogP) is 2.03. The molecule has 4 rings (SSSR count). The van der Waals surface area contributed by atoms with Gasteiger partial charge in [-0.2, -0.15) is 0 Å². The Morgan fingerprint density at radius 2 is 1.95 bits per heavy atom. The van der Waals surface area contributed by atoms with E-state index >= 15 is 0 Å². The molecule has 0 amide bonds. The van der Waals surface area contributed by atoms with Crippen molar-refractivity contribution in [2.75, 3.05) is 6.54 Å². The van der Waals surface area contributed by atoms with Crippen LogP contribution in [0.4, 0.5) is 0 Å². The first kappa shape index (κ1) is 12.2. The molecule has 3 aromatic rings. The first-order valence-electron chi connectivity index (χ1n) is 7.05. The van der Waals surface area contributed by atoms with E-state index in [0.717, 1.165) is 30.3 Å². The third-order valence-electron chi connectivity index (χ3n) is 3.77. The Morgan fingerprint density at radius 1 is 1.05 bits per heavy atom. The molecule has 0 saturated carbocycles. The van der Waals surface area contributed by atoms with E-state index in [-0.39, 0.29) is 6.04 Å². The lowest BCUT2D eigenvalue weighted by molar-refractivity contribution is 0.458. The largest absolute Gasteiger partial charge is 0.308 e. The van der Waals surface area contributed by atoms with Crippen LogP contribution in [-0.2, 0) is 6.54 Å². The highest BCUT2D eigenvalue weighted by atomic mass is 15.3. The molecule has 0 radical (unpaired) electrons. The van der Waals surface area contributed by atoms with Gasteiger partial charge in [0.2, 0.25) is 0 Å². The maximum absolute atomic E-state index is 4.41. The van der Waals surface area contributed by atoms with Gasteiger partial charge in [0, 0.05) is 31.0 Å². The van der Waals surface area contributed by atoms with Gasteiger partial charge < -0.3 is 9.88 Å². The van der Waals surface area contributed by atoms with Gasteiger partial charge in [-0.1, -0.05) is 30.3 Å². The lowest BCUT2D eigenvalue weighted by Crippen LogP contribution is -2.34. The summed E-state index contributed by atoms with van der Waals surface area (Å²) in [4.78, 5) is 4.17. The quantitative estimate of drug-likeness (QED) is 0.778. The highest BCUT2D eigenvalue weighted by Gasteiger charge is 2.26. The highest BCUT2D eigenvalue weighted by molar-refractivity contribution is 5.54. The van der Waals surface area contributed by atoms with Crippen molar-refractivity contribution in [1.29, 1.82) is 0 Å². The molecule has 0 bridgehead atoms. The Labute approximate surface area is 122 Å². The highest BCUT2D eigenvalue weighted by Crippen LogP contribution is 2.27. The van der Waals surface area contributed by atoms with Crippen LogP contribution in [0.3, 0.4) is 0 Å². The summed E-state index contributed by atoms with van der Waals surface area (Å²) in [6, 6.07) is 14.4. The minimum atomic E-state index is 0.0953. The van der Waals surface area contributed by atoms with Gasteiger partial charge in [0.1, 0.15) is 0 Å². The lowest BCUT2D eigenvalue weighted by atomic mass is 10.0. The predicted molar refractivity (Wildman–Crippen MR) is 79.5 cm³/mol. The fourth-order valence-corrected chi connectivity index (χ4v) is 2.78. The summed E-state index contributed by atoms with van der Waals surface area (Å²) >= 11 is 0. The van der Waals surface area contributed by atoms with Gasteiger partial charge in [-0.15, -0.1) is 10.2 Å². The van der Waals surface area contributed by atoms with E-state index in [4.69, 9.17) is 0 Å². The van der Waals surface area contributed by atoms with Crippen LogP contribution in [0, 0.1) is 0 Å². The molecule has 1 atom stereocenters. The fraction of sp³-hybridized carbons (Fsp3) is 0.188. The summed E-state index contributed by atoms with van der Waals surface area (Å²) in [6.07, 6.45) is 3.60. The first-order chi connectivity index (χ1) is 10.4. The maximum atomic E-state index is 4.41. The summed E-state index contributed by atoms with van der Waals surface area (Å²) < 4.78 is 2.19. The molecule has 0 saturated heterocycles. The molecule has 1 N–H and O–H groups in total. The number of benzene rings is 1. The van der Waals surface area contributed by atoms with Crippen LogP contribution >= 0.6 is 0 Å². The molecule has 0 aliphatic carbocycles. The van der Waals surface area contributed by atoms with E-state index in [1.54, 1.807) is 6.20 Å². The SMILES string of the molecule is c1ccc(C2NCCn3c(-c4cccnc4)nnc32)cc1. The molecule has 104 valence electrons. The molecule has 1 aliphatic rings. The van der Waals surface area contributed by atoms with Crippen molar-refractivity contribution in [3.8, 4) is 11.4 Å². The van der Waals surface area contributed by atoms with Gasteiger partial charge in [0.25, 0.3) is 0 Å². The molecular weight excluding hydrogens is 262 g/mol. The standard InChI is InChI=1S/C16H15N5/c1-2-5-12(6-3-1)14-16-20-19-15(21(16)10-9-18-14)13-7-4-8-17-11-13/h1-8,11,14,18H,9-10H2. The van der Waals surface area contributed by atoms with Crippen LogP contribution < -0.4 is 5.32 Å². The Kier molecular flexibility index (Phi) is 2.97. The minimum absolute atomic E-state index is 0.0953. The van der Waals surface area contributed by atoms with Gasteiger partial charge in [0.15, 0.2) is 11.6 Å². The molecule has 21 heavy (non-hydrogen) atoms. The van der Waals surface area contributed by atoms with Crippen LogP contribution in [0.1, 0.15) is 17.4 Å². The zero-order chi connectivity index (χ0) is 14.1. The molecule has 1 aromatic carbocycles. The van der Waals surface area contributed by atoms with Crippen molar-refractivity contribution in [3.63, 3.8) is 0 Å². The summed E-state index contributed by atoms with van der Waals surface area (Å²) in [7, 11) is 0. The average Bonchev–Trinajstić information content (AvgIpc) is 3.00. The first-order valence-corrected chi connectivity index (χ1v) is 7.05. The Balaban J connectivity index is 1.79. The van der Waals surface area contributed by atoms with Crippen LogP contribution in [0.5, 0.6) is 0 Å². The molecule has 0 spiro atoms.